The van der Waals surface area contributed by atoms with Crippen LogP contribution in [-0.2, 0) is 22.7 Å². The molecular weight excluding hydrogens is 377 g/mol. The molecule has 0 aromatic heterocycles. The van der Waals surface area contributed by atoms with Gasteiger partial charge in [-0.3, -0.25) is 14.9 Å². The van der Waals surface area contributed by atoms with E-state index >= 15 is 0 Å². The van der Waals surface area contributed by atoms with Crippen LogP contribution in [0.3, 0.4) is 0 Å². The molecule has 2 atom stereocenters. The number of nitrogens with one attached hydrogen (secondary N) is 2. The van der Waals surface area contributed by atoms with Gasteiger partial charge in [0.2, 0.25) is 5.91 Å². The average Bonchev–Trinajstić information content (AvgIpc) is 3.36. The monoisotopic (exact) mass is 397 g/mol. The SMILES string of the molecule is C1CC1.CC(CC1NC(=O)NC1=O)C(=O)N1Cc2cc(Cl)c(Cl)cc2C1. The molecule has 1 aliphatic carbocycles. The lowest BCUT2D eigenvalue weighted by Gasteiger charge is -2.21. The van der Waals surface area contributed by atoms with Crippen molar-refractivity contribution < 1.29 is 14.4 Å². The van der Waals surface area contributed by atoms with Crippen LogP contribution in [-0.4, -0.2) is 28.8 Å². The van der Waals surface area contributed by atoms with Gasteiger partial charge < -0.3 is 10.2 Å². The van der Waals surface area contributed by atoms with Crippen LogP contribution in [0, 0.1) is 5.92 Å². The minimum absolute atomic E-state index is 0.0672. The molecule has 26 heavy (non-hydrogen) atoms. The van der Waals surface area contributed by atoms with Gasteiger partial charge in [-0.2, -0.15) is 0 Å². The Kier molecular flexibility index (Phi) is 5.73. The summed E-state index contributed by atoms with van der Waals surface area (Å²) in [6.45, 7) is 2.69. The Morgan fingerprint density at radius 2 is 1.69 bits per heavy atom. The van der Waals surface area contributed by atoms with Gasteiger partial charge >= 0.3 is 6.03 Å². The Hall–Kier alpha value is -1.79. The molecule has 2 aliphatic heterocycles. The van der Waals surface area contributed by atoms with Crippen molar-refractivity contribution in [3.05, 3.63) is 33.3 Å². The number of nitrogens with zero attached hydrogens (tertiary/aromatic N) is 1. The zero-order chi connectivity index (χ0) is 18.8. The van der Waals surface area contributed by atoms with Crippen LogP contribution in [0.25, 0.3) is 0 Å². The third kappa shape index (κ3) is 4.48. The van der Waals surface area contributed by atoms with Gasteiger partial charge in [-0.05, 0) is 29.7 Å². The molecule has 1 aromatic carbocycles. The Morgan fingerprint density at radius 1 is 1.15 bits per heavy atom. The molecular formula is C18H21Cl2N3O3. The van der Waals surface area contributed by atoms with Crippen LogP contribution in [0.4, 0.5) is 4.79 Å². The highest BCUT2D eigenvalue weighted by Crippen LogP contribution is 2.32. The van der Waals surface area contributed by atoms with E-state index in [-0.39, 0.29) is 18.2 Å². The topological polar surface area (TPSA) is 78.5 Å². The molecule has 1 saturated heterocycles. The average molecular weight is 398 g/mol. The lowest BCUT2D eigenvalue weighted by Crippen LogP contribution is -2.37. The molecule has 1 saturated carbocycles. The number of amides is 4. The summed E-state index contributed by atoms with van der Waals surface area (Å²) in [5.74, 6) is -0.843. The van der Waals surface area contributed by atoms with E-state index in [1.165, 1.54) is 19.3 Å². The number of halogens is 2. The predicted octanol–water partition coefficient (Wildman–Crippen LogP) is 3.24. The molecule has 8 heteroatoms. The molecule has 140 valence electrons. The van der Waals surface area contributed by atoms with Crippen molar-refractivity contribution >= 4 is 41.0 Å². The van der Waals surface area contributed by atoms with E-state index in [1.807, 2.05) is 0 Å². The van der Waals surface area contributed by atoms with Crippen molar-refractivity contribution in [3.8, 4) is 0 Å². The van der Waals surface area contributed by atoms with Crippen molar-refractivity contribution in [2.24, 2.45) is 5.92 Å². The number of rotatable bonds is 3. The van der Waals surface area contributed by atoms with Gasteiger partial charge in [-0.25, -0.2) is 4.79 Å². The maximum absolute atomic E-state index is 12.6. The summed E-state index contributed by atoms with van der Waals surface area (Å²) in [6.07, 6.45) is 4.77. The first-order valence-corrected chi connectivity index (χ1v) is 9.47. The van der Waals surface area contributed by atoms with Crippen LogP contribution in [0.1, 0.15) is 43.7 Å². The van der Waals surface area contributed by atoms with Gasteiger partial charge in [-0.1, -0.05) is 49.4 Å². The van der Waals surface area contributed by atoms with E-state index in [1.54, 1.807) is 24.0 Å². The van der Waals surface area contributed by atoms with E-state index in [9.17, 15) is 14.4 Å². The fourth-order valence-electron chi connectivity index (χ4n) is 2.94. The molecule has 6 nitrogen and oxygen atoms in total. The van der Waals surface area contributed by atoms with E-state index in [2.05, 4.69) is 10.6 Å². The maximum Gasteiger partial charge on any atom is 0.322 e. The van der Waals surface area contributed by atoms with Crippen LogP contribution in [0.5, 0.6) is 0 Å². The molecule has 0 radical (unpaired) electrons. The molecule has 0 bridgehead atoms. The number of urea groups is 1. The van der Waals surface area contributed by atoms with Crippen molar-refractivity contribution in [1.82, 2.24) is 15.5 Å². The highest BCUT2D eigenvalue weighted by molar-refractivity contribution is 6.42. The number of carbonyl (C=O) groups is 3. The van der Waals surface area contributed by atoms with Gasteiger partial charge in [0.05, 0.1) is 10.0 Å². The van der Waals surface area contributed by atoms with Crippen LogP contribution < -0.4 is 10.6 Å². The zero-order valence-corrected chi connectivity index (χ0v) is 16.0. The van der Waals surface area contributed by atoms with Crippen molar-refractivity contribution in [1.29, 1.82) is 0 Å². The third-order valence-electron chi connectivity index (χ3n) is 4.50. The molecule has 2 heterocycles. The Morgan fingerprint density at radius 3 is 2.12 bits per heavy atom. The van der Waals surface area contributed by atoms with E-state index in [4.69, 9.17) is 23.2 Å². The molecule has 3 aliphatic rings. The molecule has 4 rings (SSSR count). The maximum atomic E-state index is 12.6. The van der Waals surface area contributed by atoms with Crippen molar-refractivity contribution in [2.45, 2.75) is 51.7 Å². The number of hydrogen-bond donors (Lipinski definition) is 2. The minimum Gasteiger partial charge on any atom is -0.334 e. The Labute approximate surface area is 162 Å². The summed E-state index contributed by atoms with van der Waals surface area (Å²) in [7, 11) is 0. The molecule has 1 aromatic rings. The smallest absolute Gasteiger partial charge is 0.322 e. The fourth-order valence-corrected chi connectivity index (χ4v) is 3.31. The highest BCUT2D eigenvalue weighted by Gasteiger charge is 2.34. The zero-order valence-electron chi connectivity index (χ0n) is 14.5. The normalized spacial score (nSPS) is 21.3. The molecule has 2 fully saturated rings. The van der Waals surface area contributed by atoms with Crippen molar-refractivity contribution in [3.63, 3.8) is 0 Å². The number of imide groups is 1. The first kappa shape index (κ1) is 19.0. The standard InChI is InChI=1S/C15H15Cl2N3O3.C3H6/c1-7(2-12-13(21)19-15(23)18-12)14(22)20-5-8-3-10(16)11(17)4-9(8)6-20;1-2-3-1/h3-4,7,12H,2,5-6H2,1H3,(H2,18,19,21,23);1-3H2. The highest BCUT2D eigenvalue weighted by atomic mass is 35.5. The molecule has 2 N–H and O–H groups in total. The van der Waals surface area contributed by atoms with Gasteiger partial charge in [0.15, 0.2) is 0 Å². The summed E-state index contributed by atoms with van der Waals surface area (Å²) < 4.78 is 0. The van der Waals surface area contributed by atoms with Crippen LogP contribution in [0.15, 0.2) is 12.1 Å². The summed E-state index contributed by atoms with van der Waals surface area (Å²) in [5.41, 5.74) is 1.96. The van der Waals surface area contributed by atoms with Crippen LogP contribution in [0.2, 0.25) is 10.0 Å². The van der Waals surface area contributed by atoms with Crippen molar-refractivity contribution in [2.75, 3.05) is 0 Å². The Bertz CT molecular complexity index is 718. The third-order valence-corrected chi connectivity index (χ3v) is 5.22. The fraction of sp³-hybridized carbons (Fsp3) is 0.500. The predicted molar refractivity (Wildman–Crippen MR) is 98.8 cm³/mol. The quantitative estimate of drug-likeness (QED) is 0.768. The largest absolute Gasteiger partial charge is 0.334 e. The molecule has 4 amide bonds. The van der Waals surface area contributed by atoms with Gasteiger partial charge in [-0.15, -0.1) is 0 Å². The summed E-state index contributed by atoms with van der Waals surface area (Å²) >= 11 is 12.0. The lowest BCUT2D eigenvalue weighted by atomic mass is 10.0. The second-order valence-electron chi connectivity index (χ2n) is 6.94. The van der Waals surface area contributed by atoms with E-state index in [0.717, 1.165) is 11.1 Å². The molecule has 0 spiro atoms. The Balaban J connectivity index is 0.000000592. The second kappa shape index (κ2) is 7.84. The number of fused-ring (bicyclic) bond motifs is 1. The van der Waals surface area contributed by atoms with Gasteiger partial charge in [0.1, 0.15) is 6.04 Å². The van der Waals surface area contributed by atoms with Gasteiger partial charge in [0.25, 0.3) is 5.91 Å². The summed E-state index contributed by atoms with van der Waals surface area (Å²) in [6, 6.07) is 2.39. The lowest BCUT2D eigenvalue weighted by molar-refractivity contribution is -0.136. The van der Waals surface area contributed by atoms with Gasteiger partial charge in [0, 0.05) is 19.0 Å². The number of hydrogen-bond acceptors (Lipinski definition) is 3. The minimum atomic E-state index is -0.657. The van der Waals surface area contributed by atoms with E-state index in [0.29, 0.717) is 23.1 Å². The number of carbonyl (C=O) groups excluding carboxylic acids is 3. The summed E-state index contributed by atoms with van der Waals surface area (Å²) in [4.78, 5) is 37.0. The first-order valence-electron chi connectivity index (χ1n) is 8.72. The van der Waals surface area contributed by atoms with Crippen LogP contribution >= 0.6 is 23.2 Å². The second-order valence-corrected chi connectivity index (χ2v) is 7.76. The van der Waals surface area contributed by atoms with E-state index < -0.39 is 18.0 Å². The number of benzene rings is 1. The summed E-state index contributed by atoms with van der Waals surface area (Å²) in [5, 5.41) is 5.61. The molecule has 2 unspecified atom stereocenters. The first-order chi connectivity index (χ1) is 12.3.